The van der Waals surface area contributed by atoms with Crippen LogP contribution in [0.4, 0.5) is 0 Å². The van der Waals surface area contributed by atoms with Crippen molar-refractivity contribution >= 4 is 11.9 Å². The summed E-state index contributed by atoms with van der Waals surface area (Å²) in [5.74, 6) is -3.25. The van der Waals surface area contributed by atoms with Crippen molar-refractivity contribution in [1.29, 1.82) is 0 Å². The summed E-state index contributed by atoms with van der Waals surface area (Å²) in [5, 5.41) is 103. The number of carboxylic acids is 1. The molecule has 0 amide bonds. The number of aliphatic hydroxyl groups excluding tert-OH is 9. The van der Waals surface area contributed by atoms with Gasteiger partial charge in [-0.15, -0.1) is 0 Å². The van der Waals surface area contributed by atoms with Crippen LogP contribution >= 0.6 is 0 Å². The Kier molecular flexibility index (Phi) is 13.4. The lowest BCUT2D eigenvalue weighted by Crippen LogP contribution is -2.64. The van der Waals surface area contributed by atoms with Crippen LogP contribution in [0.5, 0.6) is 0 Å². The number of hydrogen-bond acceptors (Lipinski definition) is 17. The second-order valence-electron chi connectivity index (χ2n) is 14.0. The molecule has 50 heavy (non-hydrogen) atoms. The minimum Gasteiger partial charge on any atom is -0.481 e. The molecule has 0 bridgehead atoms. The van der Waals surface area contributed by atoms with Gasteiger partial charge in [0.25, 0.3) is 0 Å². The van der Waals surface area contributed by atoms with Crippen molar-refractivity contribution in [2.75, 3.05) is 20.3 Å². The molecular formula is C31H51O19+. The Morgan fingerprint density at radius 1 is 0.740 bits per heavy atom. The van der Waals surface area contributed by atoms with Crippen LogP contribution in [-0.2, 0) is 38.0 Å². The first-order valence-corrected chi connectivity index (χ1v) is 17.0. The summed E-state index contributed by atoms with van der Waals surface area (Å²) in [6, 6.07) is 0. The predicted octanol–water partition coefficient (Wildman–Crippen LogP) is -5.00. The van der Waals surface area contributed by atoms with Gasteiger partial charge in [0.1, 0.15) is 68.0 Å². The molecule has 5 rings (SSSR count). The van der Waals surface area contributed by atoms with Crippen molar-refractivity contribution in [3.63, 3.8) is 0 Å². The second-order valence-corrected chi connectivity index (χ2v) is 14.0. The predicted molar refractivity (Wildman–Crippen MR) is 161 cm³/mol. The van der Waals surface area contributed by atoms with Gasteiger partial charge < -0.3 is 84.2 Å². The summed E-state index contributed by atoms with van der Waals surface area (Å²) >= 11 is 0. The molecule has 0 aromatic carbocycles. The van der Waals surface area contributed by atoms with E-state index >= 15 is 0 Å². The van der Waals surface area contributed by atoms with E-state index in [4.69, 9.17) is 38.3 Å². The zero-order valence-corrected chi connectivity index (χ0v) is 27.5. The third-order valence-corrected chi connectivity index (χ3v) is 10.7. The van der Waals surface area contributed by atoms with Gasteiger partial charge in [-0.25, -0.2) is 0 Å². The van der Waals surface area contributed by atoms with Crippen LogP contribution in [0.1, 0.15) is 44.9 Å². The smallest absolute Gasteiger partial charge is 0.317 e. The average molecular weight is 728 g/mol. The molecule has 0 aromatic rings. The minimum absolute atomic E-state index is 0.0711. The Balaban J connectivity index is 1.37. The van der Waals surface area contributed by atoms with Gasteiger partial charge in [-0.2, -0.15) is 0 Å². The van der Waals surface area contributed by atoms with E-state index in [2.05, 4.69) is 0 Å². The summed E-state index contributed by atoms with van der Waals surface area (Å²) in [6.45, 7) is -1.32. The topological polar surface area (TPSA) is 305 Å². The van der Waals surface area contributed by atoms with Crippen molar-refractivity contribution in [2.45, 2.75) is 149 Å². The summed E-state index contributed by atoms with van der Waals surface area (Å²) < 4.78 is 39.3. The molecule has 3 aliphatic heterocycles. The van der Waals surface area contributed by atoms with Crippen LogP contribution < -0.4 is 0 Å². The zero-order valence-electron chi connectivity index (χ0n) is 27.5. The lowest BCUT2D eigenvalue weighted by molar-refractivity contribution is -0.367. The molecule has 5 aliphatic rings. The number of ether oxygens (including phenoxy) is 7. The van der Waals surface area contributed by atoms with E-state index in [1.165, 1.54) is 7.11 Å². The quantitative estimate of drug-likeness (QED) is 0.0541. The Labute approximate surface area is 287 Å². The maximum Gasteiger partial charge on any atom is 0.317 e. The number of hydrogen-bond donors (Lipinski definition) is 10. The molecule has 19 heteroatoms. The first-order valence-electron chi connectivity index (χ1n) is 17.0. The van der Waals surface area contributed by atoms with Crippen LogP contribution in [0, 0.1) is 11.8 Å². The van der Waals surface area contributed by atoms with Gasteiger partial charge in [0.15, 0.2) is 24.8 Å². The number of carbonyl (C=O) groups is 2. The van der Waals surface area contributed by atoms with Crippen molar-refractivity contribution in [3.8, 4) is 0 Å². The van der Waals surface area contributed by atoms with E-state index in [0.717, 1.165) is 0 Å². The number of methoxy groups -OCH3 is 1. The summed E-state index contributed by atoms with van der Waals surface area (Å²) in [4.78, 5) is 22.7. The third kappa shape index (κ3) is 8.75. The SMILES string of the molecule is COC1CC(C2[OH+]C3CC(O)CC(O[C@@H]4O[C@H](CO)[C@@H](O)[C@H](O)[C@H]4O)C3CC2O[C@@H]2O[C@H](COC(=O)CC(=O)O)[C@@H](O)[C@H](O)[C@H]2O)CCC1O. The van der Waals surface area contributed by atoms with E-state index < -0.39 is 142 Å². The Morgan fingerprint density at radius 2 is 1.36 bits per heavy atom. The lowest BCUT2D eigenvalue weighted by atomic mass is 9.72. The Bertz CT molecular complexity index is 1130. The van der Waals surface area contributed by atoms with Crippen LogP contribution in [0.25, 0.3) is 0 Å². The molecule has 0 radical (unpaired) electrons. The van der Waals surface area contributed by atoms with Crippen molar-refractivity contribution in [2.24, 2.45) is 11.8 Å². The fraction of sp³-hybridized carbons (Fsp3) is 0.935. The first kappa shape index (κ1) is 39.5. The molecule has 0 aromatic heterocycles. The average Bonchev–Trinajstić information content (AvgIpc) is 3.08. The third-order valence-electron chi connectivity index (χ3n) is 10.7. The molecule has 19 atom stereocenters. The zero-order chi connectivity index (χ0) is 36.4. The minimum atomic E-state index is -1.81. The van der Waals surface area contributed by atoms with E-state index in [9.17, 15) is 55.5 Å². The van der Waals surface area contributed by atoms with Crippen molar-refractivity contribution < 1.29 is 93.8 Å². The maximum atomic E-state index is 11.8. The molecule has 288 valence electrons. The Hall–Kier alpha value is -1.66. The lowest BCUT2D eigenvalue weighted by Gasteiger charge is -2.50. The number of aliphatic carboxylic acids is 1. The molecule has 2 saturated carbocycles. The fourth-order valence-corrected chi connectivity index (χ4v) is 7.91. The fourth-order valence-electron chi connectivity index (χ4n) is 7.91. The van der Waals surface area contributed by atoms with Crippen LogP contribution in [-0.4, -0.2) is 192 Å². The number of rotatable bonds is 11. The van der Waals surface area contributed by atoms with E-state index in [0.29, 0.717) is 19.3 Å². The van der Waals surface area contributed by atoms with Gasteiger partial charge in [-0.05, 0) is 25.7 Å². The highest BCUT2D eigenvalue weighted by molar-refractivity contribution is 5.90. The molecule has 3 saturated heterocycles. The molecule has 19 nitrogen and oxygen atoms in total. The van der Waals surface area contributed by atoms with E-state index in [1.54, 1.807) is 0 Å². The highest BCUT2D eigenvalue weighted by atomic mass is 16.7. The van der Waals surface area contributed by atoms with E-state index in [-0.39, 0.29) is 25.2 Å². The normalized spacial score (nSPS) is 48.4. The van der Waals surface area contributed by atoms with Gasteiger partial charge in [0, 0.05) is 25.9 Å². The molecule has 0 spiro atoms. The van der Waals surface area contributed by atoms with Gasteiger partial charge in [0.2, 0.25) is 0 Å². The van der Waals surface area contributed by atoms with Gasteiger partial charge in [-0.3, -0.25) is 9.59 Å². The number of carbonyl (C=O) groups excluding carboxylic acids is 1. The molecule has 11 N–H and O–H groups in total. The standard InChI is InChI=1S/C31H50O19/c1-44-17-4-11(2-3-14(17)34)29-18(48-31-28(43)26(41)24(39)20(50-31)10-45-22(37)8-21(35)36)7-13-15(46-29)5-12(33)6-16(13)47-30-27(42)25(40)23(38)19(9-32)49-30/h11-20,23-34,38-43H,2-10H2,1H3,(H,35,36)/p+1/t11?,12?,13?,14?,15?,16?,17?,18?,19-,20-,23-,24-,25+,26+,27-,28-,29?,30-,31-/m1/s1. The molecule has 5 fully saturated rings. The number of carboxylic acid groups (broad SMARTS) is 1. The Morgan fingerprint density at radius 3 is 1.98 bits per heavy atom. The van der Waals surface area contributed by atoms with E-state index in [1.807, 2.05) is 0 Å². The largest absolute Gasteiger partial charge is 0.481 e. The monoisotopic (exact) mass is 727 g/mol. The van der Waals surface area contributed by atoms with Crippen LogP contribution in [0.15, 0.2) is 0 Å². The van der Waals surface area contributed by atoms with Crippen molar-refractivity contribution in [3.05, 3.63) is 0 Å². The van der Waals surface area contributed by atoms with Gasteiger partial charge >= 0.3 is 11.9 Å². The highest BCUT2D eigenvalue weighted by Crippen LogP contribution is 2.44. The summed E-state index contributed by atoms with van der Waals surface area (Å²) in [5.41, 5.74) is 0. The first-order chi connectivity index (χ1) is 23.7. The molecule has 2 aliphatic carbocycles. The number of fused-ring (bicyclic) bond motifs is 1. The summed E-state index contributed by atoms with van der Waals surface area (Å²) in [7, 11) is 1.49. The maximum absolute atomic E-state index is 11.8. The van der Waals surface area contributed by atoms with Crippen LogP contribution in [0.2, 0.25) is 0 Å². The molecule has 3 heterocycles. The second kappa shape index (κ2) is 17.0. The molecule has 9 unspecified atom stereocenters. The highest BCUT2D eigenvalue weighted by Gasteiger charge is 2.56. The van der Waals surface area contributed by atoms with Crippen LogP contribution in [0.3, 0.4) is 0 Å². The molecular weight excluding hydrogens is 676 g/mol. The number of esters is 1. The van der Waals surface area contributed by atoms with Gasteiger partial charge in [-0.1, -0.05) is 0 Å². The van der Waals surface area contributed by atoms with Gasteiger partial charge in [0.05, 0.1) is 36.9 Å². The van der Waals surface area contributed by atoms with Crippen molar-refractivity contribution in [1.82, 2.24) is 0 Å². The summed E-state index contributed by atoms with van der Waals surface area (Å²) in [6.07, 6.45) is -20.0. The number of aliphatic hydroxyl groups is 11.